The van der Waals surface area contributed by atoms with Gasteiger partial charge in [0, 0.05) is 22.3 Å². The number of aromatic nitrogens is 2. The Hall–Kier alpha value is -1.98. The highest BCUT2D eigenvalue weighted by molar-refractivity contribution is 7.49. The molecule has 0 aliphatic carbocycles. The Morgan fingerprint density at radius 2 is 2.10 bits per heavy atom. The number of aliphatic hydroxyl groups is 2. The number of nitrogens with zero attached hydrogens (tertiary/aromatic N) is 1. The Morgan fingerprint density at radius 1 is 1.33 bits per heavy atom. The summed E-state index contributed by atoms with van der Waals surface area (Å²) < 4.78 is 34.6. The van der Waals surface area contributed by atoms with Gasteiger partial charge in [0.15, 0.2) is 0 Å². The number of H-pyrrole nitrogens is 1. The minimum absolute atomic E-state index is 0.0501. The predicted octanol–water partition coefficient (Wildman–Crippen LogP) is 1.55. The van der Waals surface area contributed by atoms with E-state index in [1.807, 2.05) is 0 Å². The minimum Gasteiger partial charge on any atom is -0.404 e. The van der Waals surface area contributed by atoms with Crippen molar-refractivity contribution < 1.29 is 33.1 Å². The summed E-state index contributed by atoms with van der Waals surface area (Å²) in [6, 6.07) is 4.52. The molecule has 0 spiro atoms. The maximum Gasteiger partial charge on any atom is 0.534 e. The fourth-order valence-electron chi connectivity index (χ4n) is 3.21. The van der Waals surface area contributed by atoms with E-state index < -0.39 is 37.4 Å². The molecule has 2 aliphatic heterocycles. The molecule has 4 rings (SSSR count). The molecule has 2 aliphatic rings. The Kier molecular flexibility index (Phi) is 5.39. The van der Waals surface area contributed by atoms with Gasteiger partial charge in [-0.2, -0.15) is 0 Å². The maximum absolute atomic E-state index is 12.8. The molecule has 3 heterocycles. The molecular formula is C17H18ClN2O9P. The van der Waals surface area contributed by atoms with Crippen molar-refractivity contribution in [3.05, 3.63) is 61.4 Å². The average Bonchev–Trinajstić information content (AvgIpc) is 3.15. The number of phosphoric ester groups is 1. The molecule has 0 amide bonds. The van der Waals surface area contributed by atoms with Crippen LogP contribution in [0.2, 0.25) is 5.02 Å². The molecule has 0 radical (unpaired) electrons. The molecule has 30 heavy (non-hydrogen) atoms. The van der Waals surface area contributed by atoms with Crippen molar-refractivity contribution in [3.8, 4) is 5.75 Å². The third kappa shape index (κ3) is 4.10. The van der Waals surface area contributed by atoms with Gasteiger partial charge in [0.05, 0.1) is 6.61 Å². The van der Waals surface area contributed by atoms with Crippen molar-refractivity contribution in [3.63, 3.8) is 0 Å². The lowest BCUT2D eigenvalue weighted by molar-refractivity contribution is -0.349. The highest BCUT2D eigenvalue weighted by atomic mass is 35.5. The molecule has 11 nitrogen and oxygen atoms in total. The second-order valence-corrected chi connectivity index (χ2v) is 8.90. The van der Waals surface area contributed by atoms with Crippen LogP contribution < -0.4 is 15.8 Å². The van der Waals surface area contributed by atoms with E-state index >= 15 is 0 Å². The summed E-state index contributed by atoms with van der Waals surface area (Å²) in [4.78, 5) is 25.7. The summed E-state index contributed by atoms with van der Waals surface area (Å²) >= 11 is 5.88. The largest absolute Gasteiger partial charge is 0.534 e. The van der Waals surface area contributed by atoms with Gasteiger partial charge in [0.25, 0.3) is 5.56 Å². The fourth-order valence-corrected chi connectivity index (χ4v) is 4.71. The van der Waals surface area contributed by atoms with Crippen LogP contribution in [0, 0.1) is 6.92 Å². The van der Waals surface area contributed by atoms with Gasteiger partial charge in [-0.3, -0.25) is 18.9 Å². The van der Waals surface area contributed by atoms with E-state index in [0.29, 0.717) is 10.6 Å². The van der Waals surface area contributed by atoms with E-state index in [9.17, 15) is 24.4 Å². The number of phosphoric acid groups is 1. The lowest BCUT2D eigenvalue weighted by Crippen LogP contribution is -2.45. The first kappa shape index (κ1) is 21.3. The highest BCUT2D eigenvalue weighted by Crippen LogP contribution is 2.57. The second kappa shape index (κ2) is 7.61. The Balaban J connectivity index is 1.49. The second-order valence-electron chi connectivity index (χ2n) is 6.95. The summed E-state index contributed by atoms with van der Waals surface area (Å²) in [6.45, 7) is 1.34. The van der Waals surface area contributed by atoms with E-state index in [2.05, 4.69) is 4.98 Å². The Labute approximate surface area is 174 Å². The number of ether oxygens (including phenoxy) is 1. The van der Waals surface area contributed by atoms with E-state index in [4.69, 9.17) is 29.9 Å². The van der Waals surface area contributed by atoms with Crippen molar-refractivity contribution in [2.45, 2.75) is 44.7 Å². The minimum atomic E-state index is -4.39. The quantitative estimate of drug-likeness (QED) is 0.456. The van der Waals surface area contributed by atoms with Gasteiger partial charge in [-0.1, -0.05) is 11.6 Å². The fraction of sp³-hybridized carbons (Fsp3) is 0.412. The van der Waals surface area contributed by atoms with E-state index in [-0.39, 0.29) is 30.8 Å². The molecule has 1 fully saturated rings. The zero-order valence-electron chi connectivity index (χ0n) is 15.6. The zero-order chi connectivity index (χ0) is 21.7. The maximum atomic E-state index is 12.8. The predicted molar refractivity (Wildman–Crippen MR) is 102 cm³/mol. The van der Waals surface area contributed by atoms with E-state index in [1.54, 1.807) is 6.07 Å². The van der Waals surface area contributed by atoms with Crippen LogP contribution in [0.5, 0.6) is 5.75 Å². The van der Waals surface area contributed by atoms with Crippen LogP contribution in [0.3, 0.4) is 0 Å². The number of fused-ring (bicyclic) bond motifs is 1. The first-order valence-electron chi connectivity index (χ1n) is 8.92. The topological polar surface area (TPSA) is 149 Å². The first-order valence-corrected chi connectivity index (χ1v) is 10.8. The molecule has 162 valence electrons. The molecule has 1 saturated heterocycles. The summed E-state index contributed by atoms with van der Waals surface area (Å²) in [6.07, 6.45) is -0.698. The number of aryl methyl sites for hydroxylation is 1. The first-order chi connectivity index (χ1) is 14.1. The number of aromatic amines is 1. The summed E-state index contributed by atoms with van der Waals surface area (Å²) in [5, 5.41) is 21.2. The molecule has 0 bridgehead atoms. The number of benzene rings is 1. The molecule has 1 aromatic heterocycles. The number of rotatable bonds is 4. The molecule has 3 unspecified atom stereocenters. The van der Waals surface area contributed by atoms with Crippen molar-refractivity contribution >= 4 is 19.4 Å². The highest BCUT2D eigenvalue weighted by Gasteiger charge is 2.50. The average molecular weight is 461 g/mol. The van der Waals surface area contributed by atoms with Crippen LogP contribution in [0.1, 0.15) is 30.2 Å². The van der Waals surface area contributed by atoms with Crippen LogP contribution >= 0.6 is 19.4 Å². The van der Waals surface area contributed by atoms with Crippen molar-refractivity contribution in [1.29, 1.82) is 0 Å². The normalized spacial score (nSPS) is 26.3. The number of halogens is 1. The van der Waals surface area contributed by atoms with Gasteiger partial charge in [-0.25, -0.2) is 13.9 Å². The molecule has 3 N–H and O–H groups in total. The van der Waals surface area contributed by atoms with E-state index in [0.717, 1.165) is 4.57 Å². The lowest BCUT2D eigenvalue weighted by Gasteiger charge is -2.32. The van der Waals surface area contributed by atoms with Crippen LogP contribution in [0.15, 0.2) is 34.0 Å². The van der Waals surface area contributed by atoms with Gasteiger partial charge in [-0.05, 0) is 38.0 Å². The van der Waals surface area contributed by atoms with E-state index in [1.165, 1.54) is 25.3 Å². The molecule has 0 saturated carbocycles. The van der Waals surface area contributed by atoms with Gasteiger partial charge >= 0.3 is 19.5 Å². The number of hydrogen-bond acceptors (Lipinski definition) is 9. The summed E-state index contributed by atoms with van der Waals surface area (Å²) in [5.74, 6) is -2.86. The summed E-state index contributed by atoms with van der Waals surface area (Å²) in [5.41, 5.74) is -0.437. The zero-order valence-corrected chi connectivity index (χ0v) is 17.3. The standard InChI is InChI=1S/C17H18ClN2O9P/c1-9-7-20(16(22)19-15(9)21)14-5-4-13(27-14)17(23,24)29-30(25)26-8-10-6-11(18)2-3-12(10)28-30/h2-3,6-7,13-14,23-24H,4-5,8H2,1H3,(H,19,21,22). The Morgan fingerprint density at radius 3 is 2.87 bits per heavy atom. The molecule has 3 atom stereocenters. The third-order valence-corrected chi connectivity index (χ3v) is 6.32. The molecular weight excluding hydrogens is 443 g/mol. The van der Waals surface area contributed by atoms with Gasteiger partial charge in [0.2, 0.25) is 0 Å². The van der Waals surface area contributed by atoms with Crippen LogP contribution in [-0.4, -0.2) is 31.8 Å². The van der Waals surface area contributed by atoms with Crippen molar-refractivity contribution in [1.82, 2.24) is 9.55 Å². The monoisotopic (exact) mass is 460 g/mol. The van der Waals surface area contributed by atoms with Crippen LogP contribution in [0.25, 0.3) is 0 Å². The van der Waals surface area contributed by atoms with Crippen LogP contribution in [-0.2, 0) is 25.0 Å². The SMILES string of the molecule is Cc1cn(C2CCC(C(O)(O)OP3(=O)OCc4cc(Cl)ccc4O3)O2)c(=O)[nH]c1=O. The van der Waals surface area contributed by atoms with Gasteiger partial charge in [0.1, 0.15) is 18.1 Å². The van der Waals surface area contributed by atoms with Gasteiger partial charge in [-0.15, -0.1) is 0 Å². The number of hydrogen-bond donors (Lipinski definition) is 3. The summed E-state index contributed by atoms with van der Waals surface area (Å²) in [7, 11) is -4.39. The smallest absolute Gasteiger partial charge is 0.404 e. The molecule has 1 aromatic carbocycles. The van der Waals surface area contributed by atoms with Gasteiger partial charge < -0.3 is 19.5 Å². The van der Waals surface area contributed by atoms with Crippen molar-refractivity contribution in [2.75, 3.05) is 0 Å². The lowest BCUT2D eigenvalue weighted by atomic mass is 10.2. The number of nitrogens with one attached hydrogen (secondary N) is 1. The molecule has 13 heteroatoms. The Bertz CT molecular complexity index is 1140. The van der Waals surface area contributed by atoms with Crippen LogP contribution in [0.4, 0.5) is 0 Å². The third-order valence-electron chi connectivity index (χ3n) is 4.73. The van der Waals surface area contributed by atoms with Crippen molar-refractivity contribution in [2.24, 2.45) is 0 Å². The molecule has 2 aromatic rings.